The van der Waals surface area contributed by atoms with E-state index in [9.17, 15) is 13.2 Å². The second-order valence-corrected chi connectivity index (χ2v) is 8.44. The van der Waals surface area contributed by atoms with E-state index in [-0.39, 0.29) is 22.5 Å². The Morgan fingerprint density at radius 2 is 1.96 bits per heavy atom. The Bertz CT molecular complexity index is 930. The second kappa shape index (κ2) is 6.90. The first kappa shape index (κ1) is 18.1. The standard InChI is InChI=1S/C17H20ClN3O3S/c1-12-11-19-17(18)14-5-3-6-15(16(12)14)25(23,24)21-8-4-7-20(9-10-21)13(2)22/h3,5-6,11H,4,7-10H2,1-2H3. The van der Waals surface area contributed by atoms with E-state index in [0.29, 0.717) is 36.8 Å². The molecule has 8 heteroatoms. The van der Waals surface area contributed by atoms with Crippen molar-refractivity contribution in [3.63, 3.8) is 0 Å². The predicted octanol–water partition coefficient (Wildman–Crippen LogP) is 2.44. The van der Waals surface area contributed by atoms with E-state index in [0.717, 1.165) is 5.56 Å². The third-order valence-corrected chi connectivity index (χ3v) is 6.77. The zero-order valence-electron chi connectivity index (χ0n) is 14.2. The summed E-state index contributed by atoms with van der Waals surface area (Å²) in [6.07, 6.45) is 2.20. The second-order valence-electron chi connectivity index (χ2n) is 6.17. The number of carbonyl (C=O) groups excluding carboxylic acids is 1. The summed E-state index contributed by atoms with van der Waals surface area (Å²) in [5.41, 5.74) is 0.763. The van der Waals surface area contributed by atoms with Gasteiger partial charge < -0.3 is 4.90 Å². The predicted molar refractivity (Wildman–Crippen MR) is 97.1 cm³/mol. The zero-order chi connectivity index (χ0) is 18.2. The molecule has 0 saturated carbocycles. The molecule has 2 heterocycles. The van der Waals surface area contributed by atoms with Gasteiger partial charge in [0.25, 0.3) is 0 Å². The van der Waals surface area contributed by atoms with Crippen molar-refractivity contribution in [2.24, 2.45) is 0 Å². The number of nitrogens with zero attached hydrogens (tertiary/aromatic N) is 3. The molecule has 3 rings (SSSR count). The lowest BCUT2D eigenvalue weighted by molar-refractivity contribution is -0.128. The first-order chi connectivity index (χ1) is 11.8. The molecule has 134 valence electrons. The smallest absolute Gasteiger partial charge is 0.243 e. The molecule has 0 atom stereocenters. The molecule has 1 aliphatic heterocycles. The molecule has 2 aromatic rings. The van der Waals surface area contributed by atoms with Gasteiger partial charge in [-0.2, -0.15) is 4.31 Å². The molecular weight excluding hydrogens is 362 g/mol. The van der Waals surface area contributed by atoms with Crippen LogP contribution in [0.2, 0.25) is 5.15 Å². The number of halogens is 1. The summed E-state index contributed by atoms with van der Waals surface area (Å²) < 4.78 is 28.0. The van der Waals surface area contributed by atoms with Crippen LogP contribution in [0.25, 0.3) is 10.8 Å². The van der Waals surface area contributed by atoms with Crippen molar-refractivity contribution in [2.45, 2.75) is 25.2 Å². The molecule has 0 spiro atoms. The highest BCUT2D eigenvalue weighted by atomic mass is 35.5. The van der Waals surface area contributed by atoms with Crippen LogP contribution in [0.5, 0.6) is 0 Å². The normalized spacial score (nSPS) is 16.8. The third-order valence-electron chi connectivity index (χ3n) is 4.53. The van der Waals surface area contributed by atoms with E-state index >= 15 is 0 Å². The first-order valence-corrected chi connectivity index (χ1v) is 9.93. The number of carbonyl (C=O) groups is 1. The van der Waals surface area contributed by atoms with E-state index < -0.39 is 10.0 Å². The number of hydrogen-bond acceptors (Lipinski definition) is 4. The summed E-state index contributed by atoms with van der Waals surface area (Å²) in [6.45, 7) is 4.99. The zero-order valence-corrected chi connectivity index (χ0v) is 15.8. The lowest BCUT2D eigenvalue weighted by Crippen LogP contribution is -2.36. The molecule has 6 nitrogen and oxygen atoms in total. The van der Waals surface area contributed by atoms with Gasteiger partial charge in [0.1, 0.15) is 5.15 Å². The molecule has 0 bridgehead atoms. The Labute approximate surface area is 152 Å². The van der Waals surface area contributed by atoms with Crippen molar-refractivity contribution in [1.82, 2.24) is 14.2 Å². The van der Waals surface area contributed by atoms with Crippen LogP contribution in [0.15, 0.2) is 29.3 Å². The molecule has 0 aliphatic carbocycles. The molecule has 1 saturated heterocycles. The highest BCUT2D eigenvalue weighted by Crippen LogP contribution is 2.31. The summed E-state index contributed by atoms with van der Waals surface area (Å²) in [4.78, 5) is 17.6. The largest absolute Gasteiger partial charge is 0.342 e. The number of hydrogen-bond donors (Lipinski definition) is 0. The Morgan fingerprint density at radius 3 is 2.68 bits per heavy atom. The molecule has 1 aliphatic rings. The van der Waals surface area contributed by atoms with Gasteiger partial charge in [-0.05, 0) is 25.0 Å². The van der Waals surface area contributed by atoms with Gasteiger partial charge in [-0.1, -0.05) is 23.7 Å². The van der Waals surface area contributed by atoms with E-state index in [1.165, 1.54) is 11.2 Å². The molecular formula is C17H20ClN3O3S. The lowest BCUT2D eigenvalue weighted by Gasteiger charge is -2.22. The number of pyridine rings is 1. The van der Waals surface area contributed by atoms with Crippen molar-refractivity contribution in [1.29, 1.82) is 0 Å². The monoisotopic (exact) mass is 381 g/mol. The van der Waals surface area contributed by atoms with Gasteiger partial charge in [-0.25, -0.2) is 13.4 Å². The van der Waals surface area contributed by atoms with Crippen molar-refractivity contribution >= 4 is 38.3 Å². The van der Waals surface area contributed by atoms with Crippen LogP contribution < -0.4 is 0 Å². The molecule has 0 N–H and O–H groups in total. The summed E-state index contributed by atoms with van der Waals surface area (Å²) in [6, 6.07) is 5.06. The van der Waals surface area contributed by atoms with Crippen LogP contribution in [-0.2, 0) is 14.8 Å². The average molecular weight is 382 g/mol. The lowest BCUT2D eigenvalue weighted by atomic mass is 10.1. The fraction of sp³-hybridized carbons (Fsp3) is 0.412. The fourth-order valence-electron chi connectivity index (χ4n) is 3.20. The van der Waals surface area contributed by atoms with Gasteiger partial charge in [0.2, 0.25) is 15.9 Å². The Morgan fingerprint density at radius 1 is 1.20 bits per heavy atom. The van der Waals surface area contributed by atoms with Gasteiger partial charge in [0.15, 0.2) is 0 Å². The van der Waals surface area contributed by atoms with Crippen LogP contribution >= 0.6 is 11.6 Å². The molecule has 1 aromatic heterocycles. The highest BCUT2D eigenvalue weighted by Gasteiger charge is 2.29. The number of amides is 1. The van der Waals surface area contributed by atoms with Gasteiger partial charge in [-0.3, -0.25) is 4.79 Å². The summed E-state index contributed by atoms with van der Waals surface area (Å²) in [5, 5.41) is 1.52. The minimum Gasteiger partial charge on any atom is -0.342 e. The van der Waals surface area contributed by atoms with Crippen LogP contribution in [0.3, 0.4) is 0 Å². The van der Waals surface area contributed by atoms with Crippen LogP contribution in [0.4, 0.5) is 0 Å². The van der Waals surface area contributed by atoms with E-state index in [1.807, 2.05) is 6.92 Å². The van der Waals surface area contributed by atoms with Crippen LogP contribution in [-0.4, -0.2) is 54.7 Å². The number of fused-ring (bicyclic) bond motifs is 1. The van der Waals surface area contributed by atoms with E-state index in [1.54, 1.807) is 29.3 Å². The van der Waals surface area contributed by atoms with Crippen molar-refractivity contribution < 1.29 is 13.2 Å². The van der Waals surface area contributed by atoms with Crippen LogP contribution in [0, 0.1) is 6.92 Å². The van der Waals surface area contributed by atoms with Gasteiger partial charge in [0.05, 0.1) is 4.90 Å². The van der Waals surface area contributed by atoms with Crippen molar-refractivity contribution in [3.05, 3.63) is 35.1 Å². The molecule has 0 radical (unpaired) electrons. The van der Waals surface area contributed by atoms with Crippen LogP contribution in [0.1, 0.15) is 18.9 Å². The Balaban J connectivity index is 2.05. The van der Waals surface area contributed by atoms with Gasteiger partial charge in [-0.15, -0.1) is 0 Å². The average Bonchev–Trinajstić information content (AvgIpc) is 2.84. The topological polar surface area (TPSA) is 70.6 Å². The highest BCUT2D eigenvalue weighted by molar-refractivity contribution is 7.89. The SMILES string of the molecule is CC(=O)N1CCCN(S(=O)(=O)c2cccc3c(Cl)ncc(C)c23)CC1. The van der Waals surface area contributed by atoms with Gasteiger partial charge >= 0.3 is 0 Å². The number of benzene rings is 1. The maximum atomic E-state index is 13.3. The number of aromatic nitrogens is 1. The van der Waals surface area contributed by atoms with E-state index in [2.05, 4.69) is 4.98 Å². The number of rotatable bonds is 2. The minimum absolute atomic E-state index is 0.0295. The minimum atomic E-state index is -3.69. The van der Waals surface area contributed by atoms with E-state index in [4.69, 9.17) is 11.6 Å². The first-order valence-electron chi connectivity index (χ1n) is 8.12. The third kappa shape index (κ3) is 3.36. The summed E-state index contributed by atoms with van der Waals surface area (Å²) >= 11 is 6.15. The summed E-state index contributed by atoms with van der Waals surface area (Å²) in [7, 11) is -3.69. The Hall–Kier alpha value is -1.70. The molecule has 1 amide bonds. The molecule has 1 fully saturated rings. The molecule has 1 aromatic carbocycles. The van der Waals surface area contributed by atoms with Crippen molar-refractivity contribution in [3.8, 4) is 0 Å². The molecule has 25 heavy (non-hydrogen) atoms. The maximum absolute atomic E-state index is 13.3. The quantitative estimate of drug-likeness (QED) is 0.749. The fourth-order valence-corrected chi connectivity index (χ4v) is 5.16. The molecule has 0 unspecified atom stereocenters. The maximum Gasteiger partial charge on any atom is 0.243 e. The summed E-state index contributed by atoms with van der Waals surface area (Å²) in [5.74, 6) is -0.0295. The van der Waals surface area contributed by atoms with Gasteiger partial charge in [0, 0.05) is 50.1 Å². The Kier molecular flexibility index (Phi) is 4.99. The number of aryl methyl sites for hydroxylation is 1. The number of sulfonamides is 1. The van der Waals surface area contributed by atoms with Crippen molar-refractivity contribution in [2.75, 3.05) is 26.2 Å².